The van der Waals surface area contributed by atoms with Crippen LogP contribution in [0.3, 0.4) is 0 Å². The monoisotopic (exact) mass is 299 g/mol. The first-order chi connectivity index (χ1) is 9.97. The van der Waals surface area contributed by atoms with Gasteiger partial charge in [0.25, 0.3) is 0 Å². The minimum Gasteiger partial charge on any atom is -0.492 e. The SMILES string of the molecule is Fc1ccc(OCCNc2ccccc2)cc1C(F)(F)F. The van der Waals surface area contributed by atoms with Gasteiger partial charge in [-0.3, -0.25) is 0 Å². The number of para-hydroxylation sites is 1. The van der Waals surface area contributed by atoms with E-state index in [1.54, 1.807) is 0 Å². The Morgan fingerprint density at radius 2 is 1.71 bits per heavy atom. The van der Waals surface area contributed by atoms with Gasteiger partial charge < -0.3 is 10.1 Å². The normalized spacial score (nSPS) is 11.2. The van der Waals surface area contributed by atoms with Crippen molar-refractivity contribution in [1.29, 1.82) is 0 Å². The predicted molar refractivity (Wildman–Crippen MR) is 71.8 cm³/mol. The molecule has 0 heterocycles. The Labute approximate surface area is 119 Å². The van der Waals surface area contributed by atoms with Crippen LogP contribution < -0.4 is 10.1 Å². The highest BCUT2D eigenvalue weighted by atomic mass is 19.4. The van der Waals surface area contributed by atoms with Gasteiger partial charge in [-0.2, -0.15) is 13.2 Å². The summed E-state index contributed by atoms with van der Waals surface area (Å²) in [5.74, 6) is -1.32. The fraction of sp³-hybridized carbons (Fsp3) is 0.200. The summed E-state index contributed by atoms with van der Waals surface area (Å²) in [5, 5.41) is 3.05. The first kappa shape index (κ1) is 15.2. The largest absolute Gasteiger partial charge is 0.492 e. The molecule has 0 saturated carbocycles. The van der Waals surface area contributed by atoms with Crippen LogP contribution in [0.15, 0.2) is 48.5 Å². The van der Waals surface area contributed by atoms with Gasteiger partial charge in [-0.15, -0.1) is 0 Å². The molecule has 2 rings (SSSR count). The Bertz CT molecular complexity index is 584. The zero-order valence-corrected chi connectivity index (χ0v) is 11.0. The zero-order valence-electron chi connectivity index (χ0n) is 11.0. The summed E-state index contributed by atoms with van der Waals surface area (Å²) in [6.45, 7) is 0.584. The highest BCUT2D eigenvalue weighted by molar-refractivity contribution is 5.42. The number of ether oxygens (including phenoxy) is 1. The van der Waals surface area contributed by atoms with Crippen molar-refractivity contribution in [2.24, 2.45) is 0 Å². The molecular weight excluding hydrogens is 286 g/mol. The third-order valence-electron chi connectivity index (χ3n) is 2.72. The van der Waals surface area contributed by atoms with E-state index in [-0.39, 0.29) is 12.4 Å². The molecule has 2 aromatic carbocycles. The first-order valence-electron chi connectivity index (χ1n) is 6.25. The molecule has 0 aliphatic carbocycles. The van der Waals surface area contributed by atoms with Crippen molar-refractivity contribution >= 4 is 5.69 Å². The van der Waals surface area contributed by atoms with E-state index in [0.29, 0.717) is 12.6 Å². The van der Waals surface area contributed by atoms with E-state index in [1.165, 1.54) is 6.07 Å². The zero-order chi connectivity index (χ0) is 15.3. The highest BCUT2D eigenvalue weighted by Crippen LogP contribution is 2.33. The van der Waals surface area contributed by atoms with Crippen molar-refractivity contribution in [3.05, 3.63) is 59.9 Å². The van der Waals surface area contributed by atoms with Gasteiger partial charge in [0, 0.05) is 12.2 Å². The van der Waals surface area contributed by atoms with Gasteiger partial charge in [0.2, 0.25) is 0 Å². The van der Waals surface area contributed by atoms with Crippen molar-refractivity contribution in [3.63, 3.8) is 0 Å². The summed E-state index contributed by atoms with van der Waals surface area (Å²) in [5.41, 5.74) is -0.438. The molecule has 2 nitrogen and oxygen atoms in total. The highest BCUT2D eigenvalue weighted by Gasteiger charge is 2.34. The summed E-state index contributed by atoms with van der Waals surface area (Å²) in [6, 6.07) is 11.9. The summed E-state index contributed by atoms with van der Waals surface area (Å²) in [4.78, 5) is 0. The molecule has 0 unspecified atom stereocenters. The summed E-state index contributed by atoms with van der Waals surface area (Å²) < 4.78 is 55.9. The fourth-order valence-electron chi connectivity index (χ4n) is 1.73. The van der Waals surface area contributed by atoms with Crippen LogP contribution >= 0.6 is 0 Å². The number of anilines is 1. The maximum atomic E-state index is 13.1. The van der Waals surface area contributed by atoms with Crippen LogP contribution in [0, 0.1) is 5.82 Å². The van der Waals surface area contributed by atoms with Crippen molar-refractivity contribution in [1.82, 2.24) is 0 Å². The summed E-state index contributed by atoms with van der Waals surface area (Å²) in [7, 11) is 0. The van der Waals surface area contributed by atoms with Crippen LogP contribution in [0.25, 0.3) is 0 Å². The molecule has 0 fully saturated rings. The van der Waals surface area contributed by atoms with E-state index < -0.39 is 17.6 Å². The molecule has 0 spiro atoms. The first-order valence-corrected chi connectivity index (χ1v) is 6.25. The lowest BCUT2D eigenvalue weighted by Gasteiger charge is -2.12. The molecule has 0 aliphatic rings. The third-order valence-corrected chi connectivity index (χ3v) is 2.72. The molecule has 0 aliphatic heterocycles. The van der Waals surface area contributed by atoms with Crippen LogP contribution in [-0.2, 0) is 6.18 Å². The topological polar surface area (TPSA) is 21.3 Å². The number of hydrogen-bond acceptors (Lipinski definition) is 2. The van der Waals surface area contributed by atoms with Crippen LogP contribution in [-0.4, -0.2) is 13.2 Å². The van der Waals surface area contributed by atoms with Crippen molar-refractivity contribution in [2.75, 3.05) is 18.5 Å². The van der Waals surface area contributed by atoms with Gasteiger partial charge in [-0.1, -0.05) is 18.2 Å². The van der Waals surface area contributed by atoms with Crippen LogP contribution in [0.4, 0.5) is 23.2 Å². The Morgan fingerprint density at radius 3 is 2.38 bits per heavy atom. The van der Waals surface area contributed by atoms with E-state index in [0.717, 1.165) is 11.8 Å². The van der Waals surface area contributed by atoms with Crippen molar-refractivity contribution in [2.45, 2.75) is 6.18 Å². The maximum absolute atomic E-state index is 13.1. The number of nitrogens with one attached hydrogen (secondary N) is 1. The quantitative estimate of drug-likeness (QED) is 0.655. The van der Waals surface area contributed by atoms with E-state index in [2.05, 4.69) is 5.32 Å². The van der Waals surface area contributed by atoms with Gasteiger partial charge in [0.05, 0.1) is 5.56 Å². The average molecular weight is 299 g/mol. The number of halogens is 4. The molecule has 1 N–H and O–H groups in total. The Kier molecular flexibility index (Phi) is 4.67. The number of rotatable bonds is 5. The van der Waals surface area contributed by atoms with Crippen molar-refractivity contribution < 1.29 is 22.3 Å². The Balaban J connectivity index is 1.89. The average Bonchev–Trinajstić information content (AvgIpc) is 2.45. The van der Waals surface area contributed by atoms with E-state index in [9.17, 15) is 17.6 Å². The molecule has 0 saturated heterocycles. The lowest BCUT2D eigenvalue weighted by molar-refractivity contribution is -0.140. The van der Waals surface area contributed by atoms with E-state index >= 15 is 0 Å². The second-order valence-electron chi connectivity index (χ2n) is 4.28. The molecule has 0 radical (unpaired) electrons. The fourth-order valence-corrected chi connectivity index (χ4v) is 1.73. The lowest BCUT2D eigenvalue weighted by Crippen LogP contribution is -2.13. The van der Waals surface area contributed by atoms with Gasteiger partial charge in [0.15, 0.2) is 0 Å². The van der Waals surface area contributed by atoms with Crippen LogP contribution in [0.5, 0.6) is 5.75 Å². The lowest BCUT2D eigenvalue weighted by atomic mass is 10.2. The smallest absolute Gasteiger partial charge is 0.419 e. The standard InChI is InChI=1S/C15H13F4NO/c16-14-7-6-12(10-13(14)15(17,18)19)21-9-8-20-11-4-2-1-3-5-11/h1-7,10,20H,8-9H2. The molecule has 0 amide bonds. The van der Waals surface area contributed by atoms with Gasteiger partial charge in [0.1, 0.15) is 18.2 Å². The van der Waals surface area contributed by atoms with Gasteiger partial charge >= 0.3 is 6.18 Å². The molecular formula is C15H13F4NO. The summed E-state index contributed by atoms with van der Waals surface area (Å²) >= 11 is 0. The van der Waals surface area contributed by atoms with Gasteiger partial charge in [-0.25, -0.2) is 4.39 Å². The molecule has 0 atom stereocenters. The predicted octanol–water partition coefficient (Wildman–Crippen LogP) is 4.34. The number of benzene rings is 2. The number of alkyl halides is 3. The summed E-state index contributed by atoms with van der Waals surface area (Å²) in [6.07, 6.45) is -4.73. The molecule has 0 bridgehead atoms. The molecule has 21 heavy (non-hydrogen) atoms. The van der Waals surface area contributed by atoms with E-state index in [1.807, 2.05) is 30.3 Å². The third kappa shape index (κ3) is 4.37. The molecule has 2 aromatic rings. The maximum Gasteiger partial charge on any atom is 0.419 e. The second-order valence-corrected chi connectivity index (χ2v) is 4.28. The van der Waals surface area contributed by atoms with Crippen LogP contribution in [0.2, 0.25) is 0 Å². The van der Waals surface area contributed by atoms with Crippen LogP contribution in [0.1, 0.15) is 5.56 Å². The minimum absolute atomic E-state index is 0.0152. The molecule has 112 valence electrons. The second kappa shape index (κ2) is 6.47. The van der Waals surface area contributed by atoms with Crippen molar-refractivity contribution in [3.8, 4) is 5.75 Å². The number of hydrogen-bond donors (Lipinski definition) is 1. The minimum atomic E-state index is -4.73. The van der Waals surface area contributed by atoms with Gasteiger partial charge in [-0.05, 0) is 30.3 Å². The Hall–Kier alpha value is -2.24. The molecule has 0 aromatic heterocycles. The molecule has 6 heteroatoms. The Morgan fingerprint density at radius 1 is 1.00 bits per heavy atom. The van der Waals surface area contributed by atoms with E-state index in [4.69, 9.17) is 4.74 Å².